The summed E-state index contributed by atoms with van der Waals surface area (Å²) in [5.74, 6) is -5.37. The number of aliphatic hydroxyl groups is 2. The Labute approximate surface area is 145 Å². The summed E-state index contributed by atoms with van der Waals surface area (Å²) in [4.78, 5) is 9.56. The van der Waals surface area contributed by atoms with Crippen LogP contribution in [0.25, 0.3) is 0 Å². The van der Waals surface area contributed by atoms with Crippen molar-refractivity contribution in [1.29, 1.82) is 0 Å². The van der Waals surface area contributed by atoms with Crippen molar-refractivity contribution in [2.24, 2.45) is 0 Å². The molecule has 0 spiro atoms. The molecule has 0 bridgehead atoms. The third kappa shape index (κ3) is 3.47. The first-order valence-electron chi connectivity index (χ1n) is 6.10. The molecule has 0 aromatic heterocycles. The molecule has 1 atom stereocenters. The van der Waals surface area contributed by atoms with Gasteiger partial charge in [0.05, 0.1) is 0 Å². The summed E-state index contributed by atoms with van der Waals surface area (Å²) < 4.78 is 59.8. The normalized spacial score (nSPS) is 15.9. The second-order valence-electron chi connectivity index (χ2n) is 4.81. The van der Waals surface area contributed by atoms with Crippen molar-refractivity contribution in [2.75, 3.05) is 0 Å². The van der Waals surface area contributed by atoms with Gasteiger partial charge in [0.15, 0.2) is 9.58 Å². The molecule has 0 saturated heterocycles. The van der Waals surface area contributed by atoms with Crippen molar-refractivity contribution in [3.63, 3.8) is 0 Å². The average molecular weight is 410 g/mol. The Bertz CT molecular complexity index is 709. The third-order valence-electron chi connectivity index (χ3n) is 3.33. The smallest absolute Gasteiger partial charge is 0.347 e. The van der Waals surface area contributed by atoms with Gasteiger partial charge in [0.25, 0.3) is 21.7 Å². The Balaban J connectivity index is 3.66. The summed E-state index contributed by atoms with van der Waals surface area (Å²) >= 11 is 10.4. The zero-order valence-electron chi connectivity index (χ0n) is 11.9. The number of carbonyl (C=O) groups excluding carboxylic acids is 1. The van der Waals surface area contributed by atoms with Crippen LogP contribution in [0.4, 0.5) is 13.2 Å². The molecule has 0 fully saturated rings. The lowest BCUT2D eigenvalue weighted by molar-refractivity contribution is -0.213. The largest absolute Gasteiger partial charge is 0.498 e. The van der Waals surface area contributed by atoms with Crippen molar-refractivity contribution in [2.45, 2.75) is 27.9 Å². The van der Waals surface area contributed by atoms with E-state index in [0.717, 1.165) is 12.1 Å². The van der Waals surface area contributed by atoms with E-state index in [4.69, 9.17) is 23.2 Å². The molecule has 136 valence electrons. The van der Waals surface area contributed by atoms with Gasteiger partial charge in [0, 0.05) is 0 Å². The topological polar surface area (TPSA) is 104 Å². The van der Waals surface area contributed by atoms with E-state index in [1.54, 1.807) is 0 Å². The van der Waals surface area contributed by atoms with E-state index in [2.05, 4.69) is 0 Å². The Morgan fingerprint density at radius 3 is 2.00 bits per heavy atom. The number of hydrogen-bond donors (Lipinski definition) is 3. The van der Waals surface area contributed by atoms with Gasteiger partial charge in [-0.15, -0.1) is 0 Å². The van der Waals surface area contributed by atoms with Gasteiger partial charge in [-0.2, -0.15) is 13.2 Å². The lowest BCUT2D eigenvalue weighted by atomic mass is 9.96. The maximum atomic E-state index is 13.1. The van der Waals surface area contributed by atoms with Gasteiger partial charge in [-0.25, -0.2) is 8.42 Å². The van der Waals surface area contributed by atoms with Crippen molar-refractivity contribution >= 4 is 38.9 Å². The monoisotopic (exact) mass is 409 g/mol. The van der Waals surface area contributed by atoms with Crippen molar-refractivity contribution < 1.29 is 36.6 Å². The number of nitrogens with one attached hydrogen (secondary N) is 1. The lowest BCUT2D eigenvalue weighted by Crippen LogP contribution is -2.66. The molecule has 0 aliphatic heterocycles. The highest BCUT2D eigenvalue weighted by atomic mass is 35.5. The standard InChI is InChI=1S/C12H12Cl2F3NO5S/c1-10(7-5-3-2-4-6-7,24(22,23)12(15,16)17)11(20,21)18-9(19)8(13)14/h2-6,8,20-21H,1H3,(H,18,19). The number of sulfone groups is 1. The molecular formula is C12H12Cl2F3NO5S. The first-order chi connectivity index (χ1) is 10.7. The van der Waals surface area contributed by atoms with Crippen molar-refractivity contribution in [1.82, 2.24) is 5.32 Å². The van der Waals surface area contributed by atoms with Gasteiger partial charge in [-0.05, 0) is 12.5 Å². The maximum absolute atomic E-state index is 13.1. The molecule has 0 saturated carbocycles. The third-order valence-corrected chi connectivity index (χ3v) is 5.93. The molecule has 1 aromatic rings. The second kappa shape index (κ2) is 6.68. The van der Waals surface area contributed by atoms with Crippen molar-refractivity contribution in [3.8, 4) is 0 Å². The van der Waals surface area contributed by atoms with Gasteiger partial charge in [-0.3, -0.25) is 4.79 Å². The zero-order chi connectivity index (χ0) is 19.0. The minimum Gasteiger partial charge on any atom is -0.347 e. The Morgan fingerprint density at radius 2 is 1.62 bits per heavy atom. The fraction of sp³-hybridized carbons (Fsp3) is 0.417. The summed E-state index contributed by atoms with van der Waals surface area (Å²) in [5, 5.41) is 21.4. The first-order valence-corrected chi connectivity index (χ1v) is 8.45. The number of benzene rings is 1. The molecule has 1 amide bonds. The highest BCUT2D eigenvalue weighted by Crippen LogP contribution is 2.45. The van der Waals surface area contributed by atoms with E-state index in [1.807, 2.05) is 0 Å². The Hall–Kier alpha value is -1.07. The van der Waals surface area contributed by atoms with Crippen LogP contribution in [0.2, 0.25) is 0 Å². The number of amides is 1. The minimum atomic E-state index is -6.22. The molecule has 12 heteroatoms. The Kier molecular flexibility index (Phi) is 5.84. The lowest BCUT2D eigenvalue weighted by Gasteiger charge is -2.40. The van der Waals surface area contributed by atoms with Gasteiger partial charge in [0.2, 0.25) is 0 Å². The summed E-state index contributed by atoms with van der Waals surface area (Å²) in [5.41, 5.74) is -6.48. The number of alkyl halides is 5. The number of rotatable bonds is 5. The predicted octanol–water partition coefficient (Wildman–Crippen LogP) is 1.39. The molecule has 1 unspecified atom stereocenters. The molecule has 0 heterocycles. The van der Waals surface area contributed by atoms with E-state index in [1.165, 1.54) is 23.5 Å². The fourth-order valence-corrected chi connectivity index (χ4v) is 3.32. The highest BCUT2D eigenvalue weighted by Gasteiger charge is 2.67. The van der Waals surface area contributed by atoms with E-state index in [9.17, 15) is 36.6 Å². The molecule has 1 rings (SSSR count). The fourth-order valence-electron chi connectivity index (χ4n) is 1.88. The van der Waals surface area contributed by atoms with Crippen LogP contribution in [0, 0.1) is 0 Å². The van der Waals surface area contributed by atoms with Crippen LogP contribution in [-0.4, -0.2) is 40.8 Å². The maximum Gasteiger partial charge on any atom is 0.498 e. The van der Waals surface area contributed by atoms with Crippen molar-refractivity contribution in [3.05, 3.63) is 35.9 Å². The molecule has 1 aromatic carbocycles. The molecular weight excluding hydrogens is 398 g/mol. The molecule has 0 radical (unpaired) electrons. The van der Waals surface area contributed by atoms with E-state index in [-0.39, 0.29) is 0 Å². The summed E-state index contributed by atoms with van der Waals surface area (Å²) in [6.07, 6.45) is 0. The molecule has 6 nitrogen and oxygen atoms in total. The second-order valence-corrected chi connectivity index (χ2v) is 8.19. The predicted molar refractivity (Wildman–Crippen MR) is 79.6 cm³/mol. The average Bonchev–Trinajstić information content (AvgIpc) is 2.45. The summed E-state index contributed by atoms with van der Waals surface area (Å²) in [6, 6.07) is 5.59. The van der Waals surface area contributed by atoms with Crippen LogP contribution in [0.5, 0.6) is 0 Å². The van der Waals surface area contributed by atoms with Crippen LogP contribution < -0.4 is 5.32 Å². The van der Waals surface area contributed by atoms with Gasteiger partial charge >= 0.3 is 5.51 Å². The van der Waals surface area contributed by atoms with Gasteiger partial charge in [-0.1, -0.05) is 53.5 Å². The SMILES string of the molecule is CC(c1ccccc1)(C(O)(O)NC(=O)C(Cl)Cl)S(=O)(=O)C(F)(F)F. The number of hydrogen-bond acceptors (Lipinski definition) is 5. The zero-order valence-corrected chi connectivity index (χ0v) is 14.2. The van der Waals surface area contributed by atoms with Gasteiger partial charge < -0.3 is 15.5 Å². The van der Waals surface area contributed by atoms with Gasteiger partial charge in [0.1, 0.15) is 0 Å². The van der Waals surface area contributed by atoms with E-state index < -0.39 is 42.3 Å². The van der Waals surface area contributed by atoms with E-state index in [0.29, 0.717) is 6.92 Å². The quantitative estimate of drug-likeness (QED) is 0.503. The molecule has 3 N–H and O–H groups in total. The number of halogens is 5. The molecule has 24 heavy (non-hydrogen) atoms. The molecule has 0 aliphatic carbocycles. The summed E-state index contributed by atoms with van der Waals surface area (Å²) in [6.45, 7) is 0.406. The van der Waals surface area contributed by atoms with Crippen LogP contribution >= 0.6 is 23.2 Å². The molecule has 0 aliphatic rings. The van der Waals surface area contributed by atoms with E-state index >= 15 is 0 Å². The van der Waals surface area contributed by atoms with Crippen LogP contribution in [0.1, 0.15) is 12.5 Å². The highest BCUT2D eigenvalue weighted by molar-refractivity contribution is 7.93. The Morgan fingerprint density at radius 1 is 1.17 bits per heavy atom. The number of carbonyl (C=O) groups is 1. The minimum absolute atomic E-state index is 0.406. The summed E-state index contributed by atoms with van der Waals surface area (Å²) in [7, 11) is -6.22. The van der Waals surface area contributed by atoms with Crippen LogP contribution in [0.15, 0.2) is 30.3 Å². The van der Waals surface area contributed by atoms with Crippen LogP contribution in [-0.2, 0) is 19.4 Å². The van der Waals surface area contributed by atoms with Crippen LogP contribution in [0.3, 0.4) is 0 Å². The first kappa shape index (κ1) is 21.0.